The van der Waals surface area contributed by atoms with E-state index in [0.717, 1.165) is 16.7 Å². The van der Waals surface area contributed by atoms with E-state index >= 15 is 0 Å². The van der Waals surface area contributed by atoms with Crippen LogP contribution in [-0.2, 0) is 4.79 Å². The number of benzene rings is 3. The van der Waals surface area contributed by atoms with E-state index in [0.29, 0.717) is 24.5 Å². The van der Waals surface area contributed by atoms with Crippen LogP contribution in [0.15, 0.2) is 91.0 Å². The molecule has 1 aliphatic heterocycles. The van der Waals surface area contributed by atoms with Gasteiger partial charge in [-0.05, 0) is 5.56 Å². The average molecular weight is 435 g/mol. The number of rotatable bonds is 4. The van der Waals surface area contributed by atoms with Gasteiger partial charge in [0.15, 0.2) is 0 Å². The van der Waals surface area contributed by atoms with Gasteiger partial charge >= 0.3 is 0 Å². The van der Waals surface area contributed by atoms with Crippen molar-refractivity contribution in [2.45, 2.75) is 6.04 Å². The van der Waals surface area contributed by atoms with E-state index in [4.69, 9.17) is 0 Å². The van der Waals surface area contributed by atoms with Crippen LogP contribution in [0, 0.1) is 0 Å². The normalized spacial score (nSPS) is 15.7. The molecule has 1 unspecified atom stereocenters. The molecule has 2 heterocycles. The number of carbonyl (C=O) groups is 2. The third-order valence-electron chi connectivity index (χ3n) is 5.56. The van der Waals surface area contributed by atoms with E-state index in [1.807, 2.05) is 91.0 Å². The van der Waals surface area contributed by atoms with Crippen LogP contribution in [-0.4, -0.2) is 45.0 Å². The van der Waals surface area contributed by atoms with Crippen molar-refractivity contribution >= 4 is 11.8 Å². The fourth-order valence-electron chi connectivity index (χ4n) is 3.99. The van der Waals surface area contributed by atoms with Gasteiger partial charge < -0.3 is 10.2 Å². The van der Waals surface area contributed by atoms with Gasteiger partial charge in [-0.25, -0.2) is 4.98 Å². The van der Waals surface area contributed by atoms with Crippen LogP contribution in [0.1, 0.15) is 22.2 Å². The standard InChI is InChI=1S/C26H21N5O2/c32-25-23(20-14-8-3-9-15-20)31(17-16-27-25)26(33)24-28-21(18-10-4-1-5-11-18)22(29-30-24)19-12-6-2-7-13-19/h1-15,23H,16-17H2,(H,27,32). The number of nitrogens with one attached hydrogen (secondary N) is 1. The summed E-state index contributed by atoms with van der Waals surface area (Å²) in [7, 11) is 0. The van der Waals surface area contributed by atoms with Crippen molar-refractivity contribution in [2.75, 3.05) is 13.1 Å². The van der Waals surface area contributed by atoms with Gasteiger partial charge in [0.2, 0.25) is 11.7 Å². The van der Waals surface area contributed by atoms with Gasteiger partial charge in [0, 0.05) is 24.2 Å². The number of aromatic nitrogens is 3. The highest BCUT2D eigenvalue weighted by Gasteiger charge is 2.36. The Kier molecular flexibility index (Phi) is 5.59. The lowest BCUT2D eigenvalue weighted by Crippen LogP contribution is -2.52. The van der Waals surface area contributed by atoms with Gasteiger partial charge in [0.1, 0.15) is 17.4 Å². The third kappa shape index (κ3) is 4.08. The zero-order valence-corrected chi connectivity index (χ0v) is 17.8. The fourth-order valence-corrected chi connectivity index (χ4v) is 3.99. The Balaban J connectivity index is 1.58. The molecule has 0 saturated carbocycles. The first-order valence-corrected chi connectivity index (χ1v) is 10.7. The molecule has 1 aromatic heterocycles. The minimum atomic E-state index is -0.745. The Morgan fingerprint density at radius 3 is 2.00 bits per heavy atom. The number of carbonyl (C=O) groups excluding carboxylic acids is 2. The molecule has 0 aliphatic carbocycles. The molecule has 0 spiro atoms. The van der Waals surface area contributed by atoms with E-state index in [1.54, 1.807) is 0 Å². The molecule has 4 aromatic rings. The van der Waals surface area contributed by atoms with Crippen LogP contribution in [0.3, 0.4) is 0 Å². The van der Waals surface area contributed by atoms with Crippen LogP contribution < -0.4 is 5.32 Å². The molecule has 2 amide bonds. The molecular weight excluding hydrogens is 414 g/mol. The van der Waals surface area contributed by atoms with E-state index in [9.17, 15) is 9.59 Å². The number of hydrogen-bond acceptors (Lipinski definition) is 5. The quantitative estimate of drug-likeness (QED) is 0.530. The van der Waals surface area contributed by atoms with Crippen LogP contribution in [0.2, 0.25) is 0 Å². The van der Waals surface area contributed by atoms with E-state index < -0.39 is 11.9 Å². The molecule has 33 heavy (non-hydrogen) atoms. The van der Waals surface area contributed by atoms with E-state index in [-0.39, 0.29) is 11.7 Å². The van der Waals surface area contributed by atoms with E-state index in [2.05, 4.69) is 20.5 Å². The summed E-state index contributed by atoms with van der Waals surface area (Å²) >= 11 is 0. The lowest BCUT2D eigenvalue weighted by Gasteiger charge is -2.34. The molecule has 5 rings (SSSR count). The van der Waals surface area contributed by atoms with Crippen LogP contribution in [0.25, 0.3) is 22.5 Å². The summed E-state index contributed by atoms with van der Waals surface area (Å²) in [5, 5.41) is 11.4. The number of piperazine rings is 1. The zero-order valence-electron chi connectivity index (χ0n) is 17.8. The third-order valence-corrected chi connectivity index (χ3v) is 5.56. The number of amides is 2. The van der Waals surface area contributed by atoms with Gasteiger partial charge in [-0.1, -0.05) is 91.0 Å². The van der Waals surface area contributed by atoms with Gasteiger partial charge in [0.05, 0.1) is 0 Å². The summed E-state index contributed by atoms with van der Waals surface area (Å²) in [4.78, 5) is 32.4. The molecule has 162 valence electrons. The lowest BCUT2D eigenvalue weighted by atomic mass is 10.0. The smallest absolute Gasteiger partial charge is 0.294 e. The molecule has 1 N–H and O–H groups in total. The van der Waals surface area contributed by atoms with Crippen molar-refractivity contribution in [3.05, 3.63) is 102 Å². The van der Waals surface area contributed by atoms with Gasteiger partial charge in [-0.15, -0.1) is 10.2 Å². The maximum Gasteiger partial charge on any atom is 0.294 e. The molecule has 1 atom stereocenters. The lowest BCUT2D eigenvalue weighted by molar-refractivity contribution is -0.128. The minimum Gasteiger partial charge on any atom is -0.352 e. The van der Waals surface area contributed by atoms with E-state index in [1.165, 1.54) is 4.90 Å². The van der Waals surface area contributed by atoms with Crippen molar-refractivity contribution in [3.8, 4) is 22.5 Å². The molecule has 3 aromatic carbocycles. The summed E-state index contributed by atoms with van der Waals surface area (Å²) in [5.41, 5.74) is 3.58. The Morgan fingerprint density at radius 2 is 1.36 bits per heavy atom. The highest BCUT2D eigenvalue weighted by atomic mass is 16.2. The molecule has 1 saturated heterocycles. The second-order valence-electron chi connectivity index (χ2n) is 7.67. The van der Waals surface area contributed by atoms with Crippen molar-refractivity contribution in [1.82, 2.24) is 25.4 Å². The van der Waals surface area contributed by atoms with Gasteiger partial charge in [0.25, 0.3) is 5.91 Å². The molecule has 1 fully saturated rings. The molecule has 7 nitrogen and oxygen atoms in total. The summed E-state index contributed by atoms with van der Waals surface area (Å²) in [5.74, 6) is -0.690. The summed E-state index contributed by atoms with van der Waals surface area (Å²) in [6.45, 7) is 0.726. The van der Waals surface area contributed by atoms with Gasteiger partial charge in [-0.3, -0.25) is 9.59 Å². The molecule has 0 radical (unpaired) electrons. The fraction of sp³-hybridized carbons (Fsp3) is 0.115. The summed E-state index contributed by atoms with van der Waals surface area (Å²) in [6, 6.07) is 27.7. The highest BCUT2D eigenvalue weighted by Crippen LogP contribution is 2.29. The zero-order chi connectivity index (χ0) is 22.6. The van der Waals surface area contributed by atoms with Crippen molar-refractivity contribution in [3.63, 3.8) is 0 Å². The first-order chi connectivity index (χ1) is 16.2. The largest absolute Gasteiger partial charge is 0.352 e. The molecule has 0 bridgehead atoms. The van der Waals surface area contributed by atoms with Gasteiger partial charge in [-0.2, -0.15) is 0 Å². The maximum atomic E-state index is 13.5. The summed E-state index contributed by atoms with van der Waals surface area (Å²) in [6.07, 6.45) is 0. The Hall–Kier alpha value is -4.39. The topological polar surface area (TPSA) is 88.1 Å². The first-order valence-electron chi connectivity index (χ1n) is 10.7. The van der Waals surface area contributed by atoms with Crippen LogP contribution in [0.4, 0.5) is 0 Å². The Labute approximate surface area is 191 Å². The first kappa shape index (κ1) is 20.5. The van der Waals surface area contributed by atoms with Crippen LogP contribution in [0.5, 0.6) is 0 Å². The van der Waals surface area contributed by atoms with Crippen LogP contribution >= 0.6 is 0 Å². The SMILES string of the molecule is O=C1NCCN(C(=O)c2nnc(-c3ccccc3)c(-c3ccccc3)n2)C1c1ccccc1. The number of nitrogens with zero attached hydrogens (tertiary/aromatic N) is 4. The second kappa shape index (κ2) is 9.00. The highest BCUT2D eigenvalue weighted by molar-refractivity contribution is 5.96. The van der Waals surface area contributed by atoms with Crippen molar-refractivity contribution < 1.29 is 9.59 Å². The predicted octanol–water partition coefficient (Wildman–Crippen LogP) is 3.52. The molecule has 1 aliphatic rings. The number of hydrogen-bond donors (Lipinski definition) is 1. The Bertz CT molecular complexity index is 1280. The monoisotopic (exact) mass is 435 g/mol. The molecule has 7 heteroatoms. The molecular formula is C26H21N5O2. The average Bonchev–Trinajstić information content (AvgIpc) is 2.89. The minimum absolute atomic E-state index is 0.0378. The predicted molar refractivity (Wildman–Crippen MR) is 124 cm³/mol. The Morgan fingerprint density at radius 1 is 0.788 bits per heavy atom. The second-order valence-corrected chi connectivity index (χ2v) is 7.67. The van der Waals surface area contributed by atoms with Crippen molar-refractivity contribution in [2.24, 2.45) is 0 Å². The summed E-state index contributed by atoms with van der Waals surface area (Å²) < 4.78 is 0. The van der Waals surface area contributed by atoms with Crippen molar-refractivity contribution in [1.29, 1.82) is 0 Å². The maximum absolute atomic E-state index is 13.5.